The topological polar surface area (TPSA) is 129 Å². The van der Waals surface area contributed by atoms with Gasteiger partial charge in [-0.2, -0.15) is 21.6 Å². The summed E-state index contributed by atoms with van der Waals surface area (Å²) in [5.74, 6) is -0.460. The Morgan fingerprint density at radius 3 is 2.64 bits per heavy atom. The molecule has 0 fully saturated rings. The number of aryl methyl sites for hydroxylation is 1. The van der Waals surface area contributed by atoms with Crippen LogP contribution in [0.15, 0.2) is 57.7 Å². The number of halogens is 4. The van der Waals surface area contributed by atoms with Gasteiger partial charge in [0, 0.05) is 17.6 Å². The number of fused-ring (bicyclic) bond motifs is 1. The number of sulfonamides is 1. The van der Waals surface area contributed by atoms with Crippen molar-refractivity contribution in [2.45, 2.75) is 31.8 Å². The maximum atomic E-state index is 13.0. The van der Waals surface area contributed by atoms with Crippen LogP contribution >= 0.6 is 15.9 Å². The lowest BCUT2D eigenvalue weighted by molar-refractivity contribution is -0.0429. The predicted molar refractivity (Wildman–Crippen MR) is 143 cm³/mol. The third kappa shape index (κ3) is 5.82. The number of nitrogens with two attached hydrogens (primary N) is 1. The first-order valence-corrected chi connectivity index (χ1v) is 13.9. The molecule has 14 heteroatoms. The summed E-state index contributed by atoms with van der Waals surface area (Å²) in [5.41, 5.74) is 1.97. The molecule has 4 rings (SSSR count). The van der Waals surface area contributed by atoms with Crippen LogP contribution in [0.25, 0.3) is 22.3 Å². The van der Waals surface area contributed by atoms with Gasteiger partial charge in [0.1, 0.15) is 11.3 Å². The van der Waals surface area contributed by atoms with Gasteiger partial charge in [0.05, 0.1) is 34.8 Å². The van der Waals surface area contributed by atoms with Crippen LogP contribution in [-0.4, -0.2) is 42.6 Å². The predicted octanol–water partition coefficient (Wildman–Crippen LogP) is 5.55. The molecule has 3 N–H and O–H groups in total. The Kier molecular flexibility index (Phi) is 8.09. The number of rotatable bonds is 10. The van der Waals surface area contributed by atoms with Gasteiger partial charge in [-0.15, -0.1) is 0 Å². The van der Waals surface area contributed by atoms with Crippen LogP contribution in [-0.2, 0) is 21.2 Å². The van der Waals surface area contributed by atoms with Crippen molar-refractivity contribution in [2.75, 3.05) is 17.9 Å². The number of hydrogen-bond donors (Lipinski definition) is 2. The highest BCUT2D eigenvalue weighted by Crippen LogP contribution is 2.42. The smallest absolute Gasteiger partial charge is 0.455 e. The van der Waals surface area contributed by atoms with E-state index in [1.165, 1.54) is 18.2 Å². The van der Waals surface area contributed by atoms with E-state index in [4.69, 9.17) is 14.9 Å². The van der Waals surface area contributed by atoms with Crippen molar-refractivity contribution >= 4 is 48.5 Å². The van der Waals surface area contributed by atoms with Crippen molar-refractivity contribution in [1.29, 1.82) is 0 Å². The van der Waals surface area contributed by atoms with Crippen molar-refractivity contribution < 1.29 is 35.5 Å². The number of carbonyl (C=O) groups excluding carboxylic acids is 1. The molecule has 9 nitrogen and oxygen atoms in total. The molecule has 0 radical (unpaired) electrons. The fraction of sp³-hybridized carbons (Fsp3) is 0.280. The minimum Gasteiger partial charge on any atom is -0.455 e. The minimum atomic E-state index is -5.65. The number of nitrogens with zero attached hydrogens (tertiary/aromatic N) is 2. The minimum absolute atomic E-state index is 0.115. The molecule has 0 spiro atoms. The van der Waals surface area contributed by atoms with Gasteiger partial charge in [0.25, 0.3) is 5.91 Å². The second-order valence-corrected chi connectivity index (χ2v) is 11.1. The maximum Gasteiger partial charge on any atom is 0.516 e. The molecular formula is C25H24BrF3N4O5S. The number of imidazole rings is 1. The van der Waals surface area contributed by atoms with E-state index in [0.717, 1.165) is 5.56 Å². The standard InChI is InChI=1S/C25H24BrF3N4O5S/c1-3-37-12-16(33-13-31-14(2)22(33)24(30)34)10-15-8-9-20-18(11-15)21(26)23(38-20)17-6-4-5-7-19(17)32-39(35,36)25(27,28)29/h4-9,11,13,16,32H,3,10,12H2,1-2H3,(H2,30,34). The van der Waals surface area contributed by atoms with Crippen molar-refractivity contribution in [3.05, 3.63) is 70.2 Å². The van der Waals surface area contributed by atoms with Crippen molar-refractivity contribution in [3.8, 4) is 11.3 Å². The average molecular weight is 629 g/mol. The fourth-order valence-corrected chi connectivity index (χ4v) is 5.38. The van der Waals surface area contributed by atoms with Crippen molar-refractivity contribution in [3.63, 3.8) is 0 Å². The van der Waals surface area contributed by atoms with Gasteiger partial charge in [-0.25, -0.2) is 4.98 Å². The summed E-state index contributed by atoms with van der Waals surface area (Å²) in [4.78, 5) is 16.3. The van der Waals surface area contributed by atoms with Crippen molar-refractivity contribution in [1.82, 2.24) is 9.55 Å². The number of amides is 1. The summed E-state index contributed by atoms with van der Waals surface area (Å²) < 4.78 is 77.8. The van der Waals surface area contributed by atoms with E-state index < -0.39 is 21.4 Å². The van der Waals surface area contributed by atoms with Gasteiger partial charge in [0.15, 0.2) is 5.76 Å². The molecule has 2 aromatic heterocycles. The highest BCUT2D eigenvalue weighted by atomic mass is 79.9. The molecule has 0 aliphatic rings. The number of carbonyl (C=O) groups is 1. The molecule has 1 atom stereocenters. The van der Waals surface area contributed by atoms with E-state index in [2.05, 4.69) is 20.9 Å². The number of primary amides is 1. The molecule has 2 aromatic carbocycles. The van der Waals surface area contributed by atoms with Gasteiger partial charge in [-0.05, 0) is 66.0 Å². The Hall–Kier alpha value is -3.36. The number of ether oxygens (including phenoxy) is 1. The van der Waals surface area contributed by atoms with Crippen LogP contribution in [0.5, 0.6) is 0 Å². The van der Waals surface area contributed by atoms with E-state index in [9.17, 15) is 26.4 Å². The second kappa shape index (κ2) is 11.0. The van der Waals surface area contributed by atoms with E-state index in [1.54, 1.807) is 34.7 Å². The lowest BCUT2D eigenvalue weighted by atomic mass is 10.0. The maximum absolute atomic E-state index is 13.0. The molecule has 2 heterocycles. The van der Waals surface area contributed by atoms with E-state index in [0.29, 0.717) is 34.2 Å². The Labute approximate surface area is 230 Å². The van der Waals surface area contributed by atoms with Gasteiger partial charge in [0.2, 0.25) is 0 Å². The molecule has 1 unspecified atom stereocenters. The van der Waals surface area contributed by atoms with Gasteiger partial charge < -0.3 is 19.5 Å². The largest absolute Gasteiger partial charge is 0.516 e. The van der Waals surface area contributed by atoms with Crippen LogP contribution < -0.4 is 10.5 Å². The number of hydrogen-bond acceptors (Lipinski definition) is 6. The number of benzene rings is 2. The summed E-state index contributed by atoms with van der Waals surface area (Å²) in [6.07, 6.45) is 1.98. The Morgan fingerprint density at radius 2 is 1.97 bits per heavy atom. The molecule has 0 saturated carbocycles. The van der Waals surface area contributed by atoms with Crippen LogP contribution in [0.2, 0.25) is 0 Å². The third-order valence-corrected chi connectivity index (χ3v) is 7.89. The number of nitrogens with one attached hydrogen (secondary N) is 1. The SMILES string of the molecule is CCOCC(Cc1ccc2oc(-c3ccccc3NS(=O)(=O)C(F)(F)F)c(Br)c2c1)n1cnc(C)c1C(N)=O. The monoisotopic (exact) mass is 628 g/mol. The van der Waals surface area contributed by atoms with Gasteiger partial charge in [-0.3, -0.25) is 9.52 Å². The lowest BCUT2D eigenvalue weighted by Crippen LogP contribution is -2.30. The highest BCUT2D eigenvalue weighted by molar-refractivity contribution is 9.10. The zero-order valence-corrected chi connectivity index (χ0v) is 23.2. The molecular weight excluding hydrogens is 605 g/mol. The number of aromatic nitrogens is 2. The van der Waals surface area contributed by atoms with Crippen LogP contribution in [0, 0.1) is 6.92 Å². The van der Waals surface area contributed by atoms with Crippen molar-refractivity contribution in [2.24, 2.45) is 5.73 Å². The quantitative estimate of drug-likeness (QED) is 0.237. The van der Waals surface area contributed by atoms with E-state index in [1.807, 2.05) is 19.1 Å². The first-order valence-electron chi connectivity index (χ1n) is 11.6. The highest BCUT2D eigenvalue weighted by Gasteiger charge is 2.46. The summed E-state index contributed by atoms with van der Waals surface area (Å²) >= 11 is 3.47. The Morgan fingerprint density at radius 1 is 1.26 bits per heavy atom. The molecule has 0 aliphatic heterocycles. The molecule has 0 bridgehead atoms. The summed E-state index contributed by atoms with van der Waals surface area (Å²) in [6, 6.07) is 10.7. The molecule has 0 saturated heterocycles. The second-order valence-electron chi connectivity index (χ2n) is 8.64. The molecule has 39 heavy (non-hydrogen) atoms. The van der Waals surface area contributed by atoms with E-state index >= 15 is 0 Å². The van der Waals surface area contributed by atoms with E-state index in [-0.39, 0.29) is 35.4 Å². The van der Waals surface area contributed by atoms with Gasteiger partial charge in [-0.1, -0.05) is 18.2 Å². The zero-order chi connectivity index (χ0) is 28.5. The molecule has 0 aliphatic carbocycles. The molecule has 1 amide bonds. The number of furan rings is 1. The normalized spacial score (nSPS) is 13.1. The summed E-state index contributed by atoms with van der Waals surface area (Å²) in [5, 5.41) is 0.614. The number of anilines is 1. The van der Waals surface area contributed by atoms with Crippen LogP contribution in [0.1, 0.15) is 34.7 Å². The molecule has 208 valence electrons. The lowest BCUT2D eigenvalue weighted by Gasteiger charge is -2.20. The number of alkyl halides is 3. The molecule has 4 aromatic rings. The first-order chi connectivity index (χ1) is 18.3. The van der Waals surface area contributed by atoms with Gasteiger partial charge >= 0.3 is 15.5 Å². The Balaban J connectivity index is 1.72. The summed E-state index contributed by atoms with van der Waals surface area (Å²) in [6.45, 7) is 4.30. The fourth-order valence-electron chi connectivity index (χ4n) is 4.19. The summed E-state index contributed by atoms with van der Waals surface area (Å²) in [7, 11) is -5.65. The average Bonchev–Trinajstić information content (AvgIpc) is 3.41. The first kappa shape index (κ1) is 28.6. The Bertz CT molecular complexity index is 1630. The third-order valence-electron chi connectivity index (χ3n) is 6.00. The van der Waals surface area contributed by atoms with Crippen LogP contribution in [0.4, 0.5) is 18.9 Å². The van der Waals surface area contributed by atoms with Crippen LogP contribution in [0.3, 0.4) is 0 Å². The number of para-hydroxylation sites is 1. The zero-order valence-electron chi connectivity index (χ0n) is 20.8.